The maximum Gasteiger partial charge on any atom is 0.208 e. The number of hydrogen-bond acceptors (Lipinski definition) is 4. The van der Waals surface area contributed by atoms with E-state index in [1.54, 1.807) is 11.8 Å². The molecule has 0 amide bonds. The maximum atomic E-state index is 5.80. The Bertz CT molecular complexity index is 769. The van der Waals surface area contributed by atoms with Gasteiger partial charge in [-0.15, -0.1) is 5.10 Å². The van der Waals surface area contributed by atoms with Crippen LogP contribution in [0.3, 0.4) is 0 Å². The molecule has 1 heterocycles. The van der Waals surface area contributed by atoms with Crippen LogP contribution in [0.4, 0.5) is 0 Å². The predicted octanol–water partition coefficient (Wildman–Crippen LogP) is 4.69. The monoisotopic (exact) mass is 353 g/mol. The highest BCUT2D eigenvalue weighted by atomic mass is 32.2. The number of aromatic amines is 1. The van der Waals surface area contributed by atoms with Crippen molar-refractivity contribution in [3.8, 4) is 5.75 Å². The van der Waals surface area contributed by atoms with E-state index < -0.39 is 0 Å². The Labute approximate surface area is 153 Å². The number of nitrogens with one attached hydrogen (secondary N) is 1. The molecule has 1 N–H and O–H groups in total. The number of hydrogen-bond donors (Lipinski definition) is 1. The van der Waals surface area contributed by atoms with Gasteiger partial charge < -0.3 is 4.74 Å². The summed E-state index contributed by atoms with van der Waals surface area (Å²) in [6.07, 6.45) is 0.944. The highest BCUT2D eigenvalue weighted by Crippen LogP contribution is 2.18. The molecule has 0 aliphatic heterocycles. The molecule has 25 heavy (non-hydrogen) atoms. The van der Waals surface area contributed by atoms with Gasteiger partial charge >= 0.3 is 0 Å². The SMILES string of the molecule is CC(C)c1nc(SCCOc2ccc(Cc3ccccc3)cc2)n[nH]1. The summed E-state index contributed by atoms with van der Waals surface area (Å²) in [4.78, 5) is 4.45. The third kappa shape index (κ3) is 5.36. The van der Waals surface area contributed by atoms with Gasteiger partial charge in [0, 0.05) is 11.7 Å². The van der Waals surface area contributed by atoms with Crippen molar-refractivity contribution in [2.24, 2.45) is 0 Å². The van der Waals surface area contributed by atoms with Gasteiger partial charge in [0.2, 0.25) is 5.16 Å². The van der Waals surface area contributed by atoms with E-state index in [2.05, 4.69) is 65.4 Å². The standard InChI is InChI=1S/C20H23N3OS/c1-15(2)19-21-20(23-22-19)25-13-12-24-18-10-8-17(9-11-18)14-16-6-4-3-5-7-16/h3-11,15H,12-14H2,1-2H3,(H,21,22,23). The molecule has 0 atom stereocenters. The second kappa shape index (κ2) is 8.72. The minimum absolute atomic E-state index is 0.368. The molecule has 3 rings (SSSR count). The Hall–Kier alpha value is -2.27. The van der Waals surface area contributed by atoms with Crippen molar-refractivity contribution in [2.45, 2.75) is 31.3 Å². The van der Waals surface area contributed by atoms with Crippen molar-refractivity contribution in [1.82, 2.24) is 15.2 Å². The summed E-state index contributed by atoms with van der Waals surface area (Å²) in [5, 5.41) is 7.95. The summed E-state index contributed by atoms with van der Waals surface area (Å²) in [5.74, 6) is 3.02. The van der Waals surface area contributed by atoms with Crippen LogP contribution in [0.5, 0.6) is 5.75 Å². The lowest BCUT2D eigenvalue weighted by molar-refractivity contribution is 0.344. The molecule has 0 saturated carbocycles. The molecule has 0 spiro atoms. The van der Waals surface area contributed by atoms with Gasteiger partial charge in [-0.3, -0.25) is 5.10 Å². The van der Waals surface area contributed by atoms with Gasteiger partial charge in [0.1, 0.15) is 11.6 Å². The van der Waals surface area contributed by atoms with Crippen molar-refractivity contribution in [1.29, 1.82) is 0 Å². The lowest BCUT2D eigenvalue weighted by Crippen LogP contribution is -2.00. The molecule has 0 aliphatic rings. The number of benzene rings is 2. The third-order valence-electron chi connectivity index (χ3n) is 3.79. The molecule has 0 unspecified atom stereocenters. The average molecular weight is 353 g/mol. The minimum atomic E-state index is 0.368. The number of rotatable bonds is 8. The van der Waals surface area contributed by atoms with Crippen LogP contribution in [0.1, 0.15) is 36.7 Å². The quantitative estimate of drug-likeness (QED) is 0.471. The lowest BCUT2D eigenvalue weighted by Gasteiger charge is -2.07. The minimum Gasteiger partial charge on any atom is -0.493 e. The van der Waals surface area contributed by atoms with Crippen LogP contribution < -0.4 is 4.74 Å². The van der Waals surface area contributed by atoms with Crippen LogP contribution in [0, 0.1) is 0 Å². The fourth-order valence-electron chi connectivity index (χ4n) is 2.41. The van der Waals surface area contributed by atoms with Crippen molar-refractivity contribution >= 4 is 11.8 Å². The summed E-state index contributed by atoms with van der Waals surface area (Å²) in [5.41, 5.74) is 2.61. The number of thioether (sulfide) groups is 1. The molecule has 3 aromatic rings. The molecule has 130 valence electrons. The first kappa shape index (κ1) is 17.5. The second-order valence-corrected chi connectivity index (χ2v) is 7.22. The Morgan fingerprint density at radius 2 is 1.72 bits per heavy atom. The Kier molecular flexibility index (Phi) is 6.12. The van der Waals surface area contributed by atoms with Gasteiger partial charge in [0.15, 0.2) is 0 Å². The Balaban J connectivity index is 1.42. The number of nitrogens with zero attached hydrogens (tertiary/aromatic N) is 2. The Morgan fingerprint density at radius 1 is 1.00 bits per heavy atom. The summed E-state index contributed by atoms with van der Waals surface area (Å²) in [6.45, 7) is 4.83. The van der Waals surface area contributed by atoms with Gasteiger partial charge in [0.25, 0.3) is 0 Å². The van der Waals surface area contributed by atoms with E-state index in [0.29, 0.717) is 12.5 Å². The van der Waals surface area contributed by atoms with E-state index in [9.17, 15) is 0 Å². The van der Waals surface area contributed by atoms with Gasteiger partial charge in [-0.1, -0.05) is 68.1 Å². The largest absolute Gasteiger partial charge is 0.493 e. The van der Waals surface area contributed by atoms with Gasteiger partial charge in [-0.05, 0) is 29.7 Å². The molecule has 0 radical (unpaired) electrons. The summed E-state index contributed by atoms with van der Waals surface area (Å²) in [7, 11) is 0. The number of aromatic nitrogens is 3. The van der Waals surface area contributed by atoms with E-state index >= 15 is 0 Å². The molecule has 1 aromatic heterocycles. The summed E-state index contributed by atoms with van der Waals surface area (Å²) in [6, 6.07) is 18.8. The van der Waals surface area contributed by atoms with E-state index in [4.69, 9.17) is 4.74 Å². The molecule has 0 fully saturated rings. The highest BCUT2D eigenvalue weighted by molar-refractivity contribution is 7.99. The van der Waals surface area contributed by atoms with E-state index in [0.717, 1.165) is 28.9 Å². The normalized spacial score (nSPS) is 11.0. The molecular formula is C20H23N3OS. The number of H-pyrrole nitrogens is 1. The molecule has 4 nitrogen and oxygen atoms in total. The molecule has 0 bridgehead atoms. The van der Waals surface area contributed by atoms with Crippen LogP contribution in [0.15, 0.2) is 59.8 Å². The molecule has 0 saturated heterocycles. The fraction of sp³-hybridized carbons (Fsp3) is 0.300. The molecular weight excluding hydrogens is 330 g/mol. The van der Waals surface area contributed by atoms with Crippen molar-refractivity contribution < 1.29 is 4.74 Å². The first-order valence-electron chi connectivity index (χ1n) is 8.51. The van der Waals surface area contributed by atoms with Crippen LogP contribution in [-0.4, -0.2) is 27.5 Å². The number of ether oxygens (including phenoxy) is 1. The Morgan fingerprint density at radius 3 is 2.40 bits per heavy atom. The molecule has 0 aliphatic carbocycles. The lowest BCUT2D eigenvalue weighted by atomic mass is 10.1. The van der Waals surface area contributed by atoms with Crippen molar-refractivity contribution in [3.63, 3.8) is 0 Å². The van der Waals surface area contributed by atoms with Gasteiger partial charge in [0.05, 0.1) is 6.61 Å². The third-order valence-corrected chi connectivity index (χ3v) is 4.60. The highest BCUT2D eigenvalue weighted by Gasteiger charge is 2.07. The topological polar surface area (TPSA) is 50.8 Å². The summed E-state index contributed by atoms with van der Waals surface area (Å²) >= 11 is 1.60. The summed E-state index contributed by atoms with van der Waals surface area (Å²) < 4.78 is 5.80. The maximum absolute atomic E-state index is 5.80. The van der Waals surface area contributed by atoms with E-state index in [1.807, 2.05) is 18.2 Å². The molecule has 5 heteroatoms. The fourth-order valence-corrected chi connectivity index (χ4v) is 3.03. The zero-order valence-electron chi connectivity index (χ0n) is 14.6. The van der Waals surface area contributed by atoms with Gasteiger partial charge in [-0.25, -0.2) is 4.98 Å². The zero-order chi connectivity index (χ0) is 17.5. The van der Waals surface area contributed by atoms with Crippen LogP contribution in [0.2, 0.25) is 0 Å². The van der Waals surface area contributed by atoms with Crippen LogP contribution in [-0.2, 0) is 6.42 Å². The first-order chi connectivity index (χ1) is 12.2. The van der Waals surface area contributed by atoms with Gasteiger partial charge in [-0.2, -0.15) is 0 Å². The van der Waals surface area contributed by atoms with Crippen molar-refractivity contribution in [2.75, 3.05) is 12.4 Å². The van der Waals surface area contributed by atoms with E-state index in [-0.39, 0.29) is 0 Å². The predicted molar refractivity (Wildman–Crippen MR) is 102 cm³/mol. The average Bonchev–Trinajstić information content (AvgIpc) is 3.10. The molecule has 2 aromatic carbocycles. The van der Waals surface area contributed by atoms with E-state index in [1.165, 1.54) is 11.1 Å². The van der Waals surface area contributed by atoms with Crippen molar-refractivity contribution in [3.05, 3.63) is 71.5 Å². The zero-order valence-corrected chi connectivity index (χ0v) is 15.4. The first-order valence-corrected chi connectivity index (χ1v) is 9.50. The van der Waals surface area contributed by atoms with Crippen LogP contribution in [0.25, 0.3) is 0 Å². The smallest absolute Gasteiger partial charge is 0.208 e. The second-order valence-electron chi connectivity index (χ2n) is 6.16. The van der Waals surface area contributed by atoms with Crippen LogP contribution >= 0.6 is 11.8 Å².